The number of aryl methyl sites for hydroxylation is 2. The number of benzene rings is 2. The SMILES string of the molecule is Cc1cccc(-c2n[nH]c(=S)n2CC(=O)NC(c2ccc(F)cc2)c2nccn2C)c1. The maximum atomic E-state index is 13.4. The van der Waals surface area contributed by atoms with Gasteiger partial charge in [0.05, 0.1) is 0 Å². The van der Waals surface area contributed by atoms with Gasteiger partial charge in [0.15, 0.2) is 10.6 Å². The molecule has 31 heavy (non-hydrogen) atoms. The molecule has 1 atom stereocenters. The Labute approximate surface area is 183 Å². The topological polar surface area (TPSA) is 80.5 Å². The molecule has 0 aliphatic carbocycles. The highest BCUT2D eigenvalue weighted by atomic mass is 32.1. The van der Waals surface area contributed by atoms with Crippen molar-refractivity contribution in [2.24, 2.45) is 7.05 Å². The van der Waals surface area contributed by atoms with E-state index >= 15 is 0 Å². The standard InChI is InChI=1S/C22H21FN6OS/c1-14-4-3-5-16(12-14)20-26-27-22(31)29(20)13-18(30)25-19(21-24-10-11-28(21)2)15-6-8-17(23)9-7-15/h3-12,19H,13H2,1-2H3,(H,25,30)(H,27,31). The lowest BCUT2D eigenvalue weighted by Crippen LogP contribution is -2.33. The molecule has 4 aromatic rings. The number of rotatable bonds is 6. The molecular weight excluding hydrogens is 415 g/mol. The van der Waals surface area contributed by atoms with Crippen LogP contribution in [-0.4, -0.2) is 30.2 Å². The van der Waals surface area contributed by atoms with Crippen molar-refractivity contribution >= 4 is 18.1 Å². The van der Waals surface area contributed by atoms with E-state index in [4.69, 9.17) is 12.2 Å². The number of hydrogen-bond donors (Lipinski definition) is 2. The molecule has 0 bridgehead atoms. The fraction of sp³-hybridized carbons (Fsp3) is 0.182. The lowest BCUT2D eigenvalue weighted by molar-refractivity contribution is -0.122. The average molecular weight is 437 g/mol. The highest BCUT2D eigenvalue weighted by Gasteiger charge is 2.22. The molecule has 0 saturated carbocycles. The van der Waals surface area contributed by atoms with Gasteiger partial charge in [-0.05, 0) is 42.9 Å². The van der Waals surface area contributed by atoms with E-state index in [1.165, 1.54) is 12.1 Å². The fourth-order valence-corrected chi connectivity index (χ4v) is 3.62. The molecule has 2 heterocycles. The van der Waals surface area contributed by atoms with Crippen LogP contribution in [0.25, 0.3) is 11.4 Å². The monoisotopic (exact) mass is 436 g/mol. The number of nitrogens with one attached hydrogen (secondary N) is 2. The zero-order valence-electron chi connectivity index (χ0n) is 17.0. The molecule has 0 radical (unpaired) electrons. The summed E-state index contributed by atoms with van der Waals surface area (Å²) in [5, 5.41) is 10.1. The number of H-pyrrole nitrogens is 1. The van der Waals surface area contributed by atoms with Gasteiger partial charge in [-0.3, -0.25) is 14.5 Å². The Morgan fingerprint density at radius 1 is 1.26 bits per heavy atom. The number of carbonyl (C=O) groups is 1. The van der Waals surface area contributed by atoms with Crippen molar-refractivity contribution in [3.63, 3.8) is 0 Å². The van der Waals surface area contributed by atoms with Crippen molar-refractivity contribution in [2.45, 2.75) is 19.5 Å². The van der Waals surface area contributed by atoms with Crippen molar-refractivity contribution in [3.05, 3.63) is 88.5 Å². The van der Waals surface area contributed by atoms with Crippen molar-refractivity contribution in [1.29, 1.82) is 0 Å². The smallest absolute Gasteiger partial charge is 0.240 e. The van der Waals surface area contributed by atoms with Gasteiger partial charge in [-0.25, -0.2) is 9.37 Å². The predicted octanol–water partition coefficient (Wildman–Crippen LogP) is 3.69. The van der Waals surface area contributed by atoms with E-state index in [9.17, 15) is 9.18 Å². The molecule has 0 fully saturated rings. The van der Waals surface area contributed by atoms with E-state index in [0.717, 1.165) is 16.7 Å². The predicted molar refractivity (Wildman–Crippen MR) is 117 cm³/mol. The molecule has 7 nitrogen and oxygen atoms in total. The second kappa shape index (κ2) is 8.65. The number of halogens is 1. The number of nitrogens with zero attached hydrogens (tertiary/aromatic N) is 4. The van der Waals surface area contributed by atoms with Gasteiger partial charge < -0.3 is 9.88 Å². The lowest BCUT2D eigenvalue weighted by Gasteiger charge is -2.19. The van der Waals surface area contributed by atoms with Crippen LogP contribution < -0.4 is 5.32 Å². The van der Waals surface area contributed by atoms with Crippen LogP contribution in [0, 0.1) is 17.5 Å². The molecule has 4 rings (SSSR count). The van der Waals surface area contributed by atoms with Crippen molar-refractivity contribution < 1.29 is 9.18 Å². The van der Waals surface area contributed by atoms with Crippen molar-refractivity contribution in [1.82, 2.24) is 29.6 Å². The van der Waals surface area contributed by atoms with Gasteiger partial charge in [0.25, 0.3) is 0 Å². The number of aromatic amines is 1. The molecule has 2 aromatic heterocycles. The van der Waals surface area contributed by atoms with E-state index in [2.05, 4.69) is 20.5 Å². The third kappa shape index (κ3) is 4.46. The van der Waals surface area contributed by atoms with E-state index < -0.39 is 6.04 Å². The molecule has 0 spiro atoms. The summed E-state index contributed by atoms with van der Waals surface area (Å²) in [6, 6.07) is 13.3. The minimum Gasteiger partial charge on any atom is -0.341 e. The van der Waals surface area contributed by atoms with Gasteiger partial charge in [-0.15, -0.1) is 0 Å². The van der Waals surface area contributed by atoms with E-state index in [1.54, 1.807) is 29.1 Å². The zero-order valence-corrected chi connectivity index (χ0v) is 17.9. The number of imidazole rings is 1. The maximum absolute atomic E-state index is 13.4. The maximum Gasteiger partial charge on any atom is 0.240 e. The Kier molecular flexibility index (Phi) is 5.77. The molecule has 0 aliphatic heterocycles. The summed E-state index contributed by atoms with van der Waals surface area (Å²) >= 11 is 5.35. The highest BCUT2D eigenvalue weighted by Crippen LogP contribution is 2.22. The Morgan fingerprint density at radius 3 is 2.71 bits per heavy atom. The second-order valence-electron chi connectivity index (χ2n) is 7.26. The van der Waals surface area contributed by atoms with Gasteiger partial charge in [-0.2, -0.15) is 5.10 Å². The fourth-order valence-electron chi connectivity index (χ4n) is 3.43. The first-order valence-corrected chi connectivity index (χ1v) is 10.1. The van der Waals surface area contributed by atoms with Crippen molar-refractivity contribution in [3.8, 4) is 11.4 Å². The highest BCUT2D eigenvalue weighted by molar-refractivity contribution is 7.71. The van der Waals surface area contributed by atoms with Crippen LogP contribution in [0.5, 0.6) is 0 Å². The molecule has 0 aliphatic rings. The molecule has 0 saturated heterocycles. The number of carbonyl (C=O) groups excluding carboxylic acids is 1. The summed E-state index contributed by atoms with van der Waals surface area (Å²) in [5.74, 6) is 0.596. The number of amides is 1. The van der Waals surface area contributed by atoms with Gasteiger partial charge in [0.2, 0.25) is 5.91 Å². The first-order chi connectivity index (χ1) is 14.9. The normalized spacial score (nSPS) is 12.0. The summed E-state index contributed by atoms with van der Waals surface area (Å²) in [4.78, 5) is 17.4. The van der Waals surface area contributed by atoms with Crippen LogP contribution in [0.4, 0.5) is 4.39 Å². The minimum absolute atomic E-state index is 0.0271. The lowest BCUT2D eigenvalue weighted by atomic mass is 10.1. The van der Waals surface area contributed by atoms with Gasteiger partial charge in [-0.1, -0.05) is 35.9 Å². The molecular formula is C22H21FN6OS. The summed E-state index contributed by atoms with van der Waals surface area (Å²) < 4.78 is 17.2. The van der Waals surface area contributed by atoms with Crippen LogP contribution >= 0.6 is 12.2 Å². The Hall–Kier alpha value is -3.59. The minimum atomic E-state index is -0.545. The largest absolute Gasteiger partial charge is 0.341 e. The molecule has 1 amide bonds. The molecule has 9 heteroatoms. The third-order valence-corrected chi connectivity index (χ3v) is 5.27. The number of aromatic nitrogens is 5. The Bertz CT molecular complexity index is 1270. The second-order valence-corrected chi connectivity index (χ2v) is 7.64. The Balaban J connectivity index is 1.62. The van der Waals surface area contributed by atoms with Crippen LogP contribution in [0.1, 0.15) is 23.0 Å². The van der Waals surface area contributed by atoms with Crippen LogP contribution in [0.15, 0.2) is 60.9 Å². The van der Waals surface area contributed by atoms with Crippen LogP contribution in [0.3, 0.4) is 0 Å². The third-order valence-electron chi connectivity index (χ3n) is 4.96. The number of hydrogen-bond acceptors (Lipinski definition) is 4. The van der Waals surface area contributed by atoms with Gasteiger partial charge in [0, 0.05) is 25.0 Å². The molecule has 158 valence electrons. The summed E-state index contributed by atoms with van der Waals surface area (Å²) in [5.41, 5.74) is 2.66. The first-order valence-electron chi connectivity index (χ1n) is 9.66. The first kappa shape index (κ1) is 20.7. The van der Waals surface area contributed by atoms with E-state index in [-0.39, 0.29) is 18.3 Å². The van der Waals surface area contributed by atoms with Gasteiger partial charge >= 0.3 is 0 Å². The average Bonchev–Trinajstić information content (AvgIpc) is 3.33. The summed E-state index contributed by atoms with van der Waals surface area (Å²) in [6.07, 6.45) is 3.44. The van der Waals surface area contributed by atoms with E-state index in [0.29, 0.717) is 16.4 Å². The van der Waals surface area contributed by atoms with Crippen molar-refractivity contribution in [2.75, 3.05) is 0 Å². The molecule has 2 N–H and O–H groups in total. The van der Waals surface area contributed by atoms with E-state index in [1.807, 2.05) is 42.8 Å². The summed E-state index contributed by atoms with van der Waals surface area (Å²) in [6.45, 7) is 1.96. The zero-order chi connectivity index (χ0) is 22.0. The van der Waals surface area contributed by atoms with Crippen LogP contribution in [0.2, 0.25) is 0 Å². The van der Waals surface area contributed by atoms with Crippen LogP contribution in [-0.2, 0) is 18.4 Å². The quantitative estimate of drug-likeness (QED) is 0.452. The molecule has 2 aromatic carbocycles. The Morgan fingerprint density at radius 2 is 2.03 bits per heavy atom. The summed E-state index contributed by atoms with van der Waals surface area (Å²) in [7, 11) is 1.84. The molecule has 1 unspecified atom stereocenters. The van der Waals surface area contributed by atoms with Gasteiger partial charge in [0.1, 0.15) is 24.2 Å².